The lowest BCUT2D eigenvalue weighted by Crippen LogP contribution is -2.37. The lowest BCUT2D eigenvalue weighted by molar-refractivity contribution is 0.344. The van der Waals surface area contributed by atoms with E-state index in [0.29, 0.717) is 5.92 Å². The second-order valence-corrected chi connectivity index (χ2v) is 5.49. The van der Waals surface area contributed by atoms with E-state index in [1.807, 2.05) is 0 Å². The molecule has 2 rings (SSSR count). The van der Waals surface area contributed by atoms with Crippen LogP contribution in [0.3, 0.4) is 0 Å². The topological polar surface area (TPSA) is 26.0 Å². The quantitative estimate of drug-likeness (QED) is 0.873. The Hall–Kier alpha value is -0.340. The maximum Gasteiger partial charge on any atom is 0.0213 e. The molecule has 0 bridgehead atoms. The first-order valence-electron chi connectivity index (χ1n) is 5.66. The summed E-state index contributed by atoms with van der Waals surface area (Å²) in [7, 11) is 0. The highest BCUT2D eigenvalue weighted by Crippen LogP contribution is 2.46. The number of hydrogen-bond acceptors (Lipinski definition) is 1. The van der Waals surface area contributed by atoms with E-state index in [1.54, 1.807) is 0 Å². The Labute approximate surface area is 100 Å². The van der Waals surface area contributed by atoms with E-state index in [-0.39, 0.29) is 5.41 Å². The van der Waals surface area contributed by atoms with Gasteiger partial charge in [0.2, 0.25) is 0 Å². The minimum Gasteiger partial charge on any atom is -0.330 e. The lowest BCUT2D eigenvalue weighted by Gasteiger charge is -2.34. The van der Waals surface area contributed by atoms with Crippen LogP contribution in [0.4, 0.5) is 0 Å². The summed E-state index contributed by atoms with van der Waals surface area (Å²) in [5.74, 6) is 0.696. The van der Waals surface area contributed by atoms with Gasteiger partial charge in [-0.25, -0.2) is 0 Å². The van der Waals surface area contributed by atoms with E-state index in [9.17, 15) is 0 Å². The normalized spacial score (nSPS) is 30.7. The molecule has 1 aliphatic rings. The first-order valence-corrected chi connectivity index (χ1v) is 6.45. The van der Waals surface area contributed by atoms with E-state index in [0.717, 1.165) is 6.54 Å². The van der Waals surface area contributed by atoms with Gasteiger partial charge in [-0.15, -0.1) is 0 Å². The van der Waals surface area contributed by atoms with Crippen molar-refractivity contribution in [2.75, 3.05) is 6.54 Å². The third kappa shape index (κ3) is 1.74. The second-order valence-electron chi connectivity index (χ2n) is 4.63. The molecule has 2 heteroatoms. The summed E-state index contributed by atoms with van der Waals surface area (Å²) < 4.78 is 1.21. The van der Waals surface area contributed by atoms with Gasteiger partial charge in [0.15, 0.2) is 0 Å². The summed E-state index contributed by atoms with van der Waals surface area (Å²) in [6.07, 6.45) is 3.84. The van der Waals surface area contributed by atoms with Crippen LogP contribution in [-0.4, -0.2) is 6.54 Å². The smallest absolute Gasteiger partial charge is 0.0213 e. The molecule has 1 aromatic carbocycles. The second kappa shape index (κ2) is 4.26. The average molecular weight is 268 g/mol. The highest BCUT2D eigenvalue weighted by atomic mass is 79.9. The molecule has 0 spiro atoms. The molecule has 1 aliphatic carbocycles. The minimum absolute atomic E-state index is 0.208. The molecule has 1 saturated carbocycles. The van der Waals surface area contributed by atoms with Crippen LogP contribution < -0.4 is 5.73 Å². The van der Waals surface area contributed by atoms with Crippen molar-refractivity contribution in [1.29, 1.82) is 0 Å². The van der Waals surface area contributed by atoms with Gasteiger partial charge >= 0.3 is 0 Å². The van der Waals surface area contributed by atoms with E-state index >= 15 is 0 Å². The zero-order valence-electron chi connectivity index (χ0n) is 9.17. The van der Waals surface area contributed by atoms with Crippen molar-refractivity contribution < 1.29 is 0 Å². The molecular formula is C13H18BrN. The molecule has 0 heterocycles. The largest absolute Gasteiger partial charge is 0.330 e. The molecule has 15 heavy (non-hydrogen) atoms. The first-order chi connectivity index (χ1) is 7.20. The van der Waals surface area contributed by atoms with Crippen LogP contribution in [0.25, 0.3) is 0 Å². The SMILES string of the molecule is CC1CCCC1(CN)c1ccccc1Br. The standard InChI is InChI=1S/C13H18BrN/c1-10-5-4-8-13(10,9-15)11-6-2-3-7-12(11)14/h2-3,6-7,10H,4-5,8-9,15H2,1H3. The van der Waals surface area contributed by atoms with Gasteiger partial charge in [-0.05, 0) is 30.4 Å². The van der Waals surface area contributed by atoms with Crippen LogP contribution in [-0.2, 0) is 5.41 Å². The molecule has 2 unspecified atom stereocenters. The van der Waals surface area contributed by atoms with Crippen molar-refractivity contribution in [3.05, 3.63) is 34.3 Å². The molecule has 82 valence electrons. The minimum atomic E-state index is 0.208. The van der Waals surface area contributed by atoms with Gasteiger partial charge < -0.3 is 5.73 Å². The van der Waals surface area contributed by atoms with Crippen LogP contribution in [0.2, 0.25) is 0 Å². The summed E-state index contributed by atoms with van der Waals surface area (Å²) in [6, 6.07) is 8.52. The van der Waals surface area contributed by atoms with Gasteiger partial charge in [0.1, 0.15) is 0 Å². The van der Waals surface area contributed by atoms with Crippen LogP contribution in [0.15, 0.2) is 28.7 Å². The summed E-state index contributed by atoms with van der Waals surface area (Å²) in [6.45, 7) is 3.09. The maximum absolute atomic E-state index is 6.04. The van der Waals surface area contributed by atoms with Gasteiger partial charge in [0, 0.05) is 16.4 Å². The third-order valence-electron chi connectivity index (χ3n) is 3.98. The number of benzene rings is 1. The highest BCUT2D eigenvalue weighted by molar-refractivity contribution is 9.10. The zero-order chi connectivity index (χ0) is 10.9. The fraction of sp³-hybridized carbons (Fsp3) is 0.538. The van der Waals surface area contributed by atoms with Gasteiger partial charge in [0.05, 0.1) is 0 Å². The van der Waals surface area contributed by atoms with E-state index in [4.69, 9.17) is 5.73 Å². The molecule has 2 N–H and O–H groups in total. The molecule has 2 atom stereocenters. The molecule has 1 fully saturated rings. The van der Waals surface area contributed by atoms with Crippen LogP contribution in [0.5, 0.6) is 0 Å². The monoisotopic (exact) mass is 267 g/mol. The Morgan fingerprint density at radius 1 is 1.47 bits per heavy atom. The average Bonchev–Trinajstić information content (AvgIpc) is 2.61. The molecule has 0 saturated heterocycles. The fourth-order valence-corrected chi connectivity index (χ4v) is 3.60. The van der Waals surface area contributed by atoms with E-state index < -0.39 is 0 Å². The molecule has 0 radical (unpaired) electrons. The third-order valence-corrected chi connectivity index (χ3v) is 4.67. The lowest BCUT2D eigenvalue weighted by atomic mass is 9.73. The molecule has 1 aromatic rings. The van der Waals surface area contributed by atoms with Crippen LogP contribution in [0, 0.1) is 5.92 Å². The maximum atomic E-state index is 6.04. The summed E-state index contributed by atoms with van der Waals surface area (Å²) in [4.78, 5) is 0. The molecule has 1 nitrogen and oxygen atoms in total. The zero-order valence-corrected chi connectivity index (χ0v) is 10.8. The summed E-state index contributed by atoms with van der Waals surface area (Å²) in [5, 5.41) is 0. The van der Waals surface area contributed by atoms with Gasteiger partial charge in [-0.3, -0.25) is 0 Å². The highest BCUT2D eigenvalue weighted by Gasteiger charge is 2.41. The summed E-state index contributed by atoms with van der Waals surface area (Å²) in [5.41, 5.74) is 7.65. The number of hydrogen-bond donors (Lipinski definition) is 1. The van der Waals surface area contributed by atoms with Gasteiger partial charge in [-0.2, -0.15) is 0 Å². The Kier molecular flexibility index (Phi) is 3.17. The first kappa shape index (κ1) is 11.2. The number of nitrogens with two attached hydrogens (primary N) is 1. The van der Waals surface area contributed by atoms with Crippen molar-refractivity contribution in [3.8, 4) is 0 Å². The van der Waals surface area contributed by atoms with Crippen molar-refractivity contribution in [2.45, 2.75) is 31.6 Å². The molecule has 0 aliphatic heterocycles. The van der Waals surface area contributed by atoms with Crippen LogP contribution >= 0.6 is 15.9 Å². The fourth-order valence-electron chi connectivity index (χ4n) is 2.92. The Morgan fingerprint density at radius 3 is 2.73 bits per heavy atom. The van der Waals surface area contributed by atoms with Crippen molar-refractivity contribution >= 4 is 15.9 Å². The molecular weight excluding hydrogens is 250 g/mol. The molecule has 0 amide bonds. The Bertz CT molecular complexity index is 350. The Balaban J connectivity index is 2.47. The van der Waals surface area contributed by atoms with Gasteiger partial charge in [0.25, 0.3) is 0 Å². The Morgan fingerprint density at radius 2 is 2.20 bits per heavy atom. The van der Waals surface area contributed by atoms with Crippen LogP contribution in [0.1, 0.15) is 31.7 Å². The number of rotatable bonds is 2. The van der Waals surface area contributed by atoms with E-state index in [2.05, 4.69) is 47.1 Å². The van der Waals surface area contributed by atoms with Crippen molar-refractivity contribution in [2.24, 2.45) is 11.7 Å². The predicted octanol–water partition coefficient (Wildman–Crippen LogP) is 3.47. The van der Waals surface area contributed by atoms with Crippen molar-refractivity contribution in [3.63, 3.8) is 0 Å². The number of halogens is 1. The molecule has 0 aromatic heterocycles. The van der Waals surface area contributed by atoms with Crippen molar-refractivity contribution in [1.82, 2.24) is 0 Å². The summed E-state index contributed by atoms with van der Waals surface area (Å²) >= 11 is 3.65. The predicted molar refractivity (Wildman–Crippen MR) is 67.9 cm³/mol. The van der Waals surface area contributed by atoms with E-state index in [1.165, 1.54) is 29.3 Å². The van der Waals surface area contributed by atoms with Gasteiger partial charge in [-0.1, -0.05) is 47.5 Å².